The summed E-state index contributed by atoms with van der Waals surface area (Å²) in [7, 11) is 14.5. The summed E-state index contributed by atoms with van der Waals surface area (Å²) in [4.78, 5) is 108. The lowest BCUT2D eigenvalue weighted by atomic mass is 10.3. The molecule has 0 fully saturated rings. The van der Waals surface area contributed by atoms with E-state index >= 15 is 0 Å². The molecule has 9 N–H and O–H groups in total. The van der Waals surface area contributed by atoms with E-state index in [9.17, 15) is 38.4 Å². The smallest absolute Gasteiger partial charge is 0.277 e. The summed E-state index contributed by atoms with van der Waals surface area (Å²) in [6, 6.07) is 9.15. The minimum absolute atomic E-state index is 0.0246. The highest BCUT2D eigenvalue weighted by Gasteiger charge is 2.23. The Morgan fingerprint density at radius 3 is 1.47 bits per heavy atom. The van der Waals surface area contributed by atoms with E-state index in [-0.39, 0.29) is 65.3 Å². The van der Waals surface area contributed by atoms with E-state index in [1.165, 1.54) is 38.0 Å². The fraction of sp³-hybridized carbons (Fsp3) is 0.367. The van der Waals surface area contributed by atoms with E-state index in [1.807, 2.05) is 33.1 Å². The third-order valence-corrected chi connectivity index (χ3v) is 13.7. The van der Waals surface area contributed by atoms with Crippen LogP contribution in [0.5, 0.6) is 0 Å². The van der Waals surface area contributed by atoms with Gasteiger partial charge in [0.15, 0.2) is 5.69 Å². The summed E-state index contributed by atoms with van der Waals surface area (Å²) in [6.07, 6.45) is 8.01. The molecular formula is C49H63ClN16O8S2. The molecule has 0 radical (unpaired) electrons. The first-order valence-electron chi connectivity index (χ1n) is 24.0. The number of hydrogen-bond acceptors (Lipinski definition) is 14. The molecule has 6 aromatic heterocycles. The molecule has 0 saturated carbocycles. The van der Waals surface area contributed by atoms with Crippen molar-refractivity contribution < 1.29 is 38.4 Å². The van der Waals surface area contributed by atoms with Crippen LogP contribution in [0, 0.1) is 0 Å². The van der Waals surface area contributed by atoms with Gasteiger partial charge in [0.2, 0.25) is 11.8 Å². The number of thiophene rings is 1. The third-order valence-electron chi connectivity index (χ3n) is 11.4. The molecule has 0 unspecified atom stereocenters. The van der Waals surface area contributed by atoms with Gasteiger partial charge in [0.05, 0.1) is 32.6 Å². The summed E-state index contributed by atoms with van der Waals surface area (Å²) >= 11 is 8.59. The van der Waals surface area contributed by atoms with Crippen LogP contribution in [-0.4, -0.2) is 147 Å². The predicted octanol–water partition coefficient (Wildman–Crippen LogP) is 4.53. The molecule has 8 amide bonds. The molecule has 6 aromatic rings. The zero-order valence-corrected chi connectivity index (χ0v) is 45.8. The van der Waals surface area contributed by atoms with Gasteiger partial charge in [-0.15, -0.1) is 11.3 Å². The summed E-state index contributed by atoms with van der Waals surface area (Å²) in [5, 5.41) is 26.5. The summed E-state index contributed by atoms with van der Waals surface area (Å²) in [5.41, 5.74) is 2.38. The van der Waals surface area contributed by atoms with Crippen LogP contribution < -0.4 is 47.9 Å². The quantitative estimate of drug-likeness (QED) is 0.0339. The minimum Gasteiger partial charge on any atom is -0.374 e. The number of anilines is 6. The number of halogens is 1. The van der Waals surface area contributed by atoms with E-state index in [1.54, 1.807) is 69.7 Å². The normalized spacial score (nSPS) is 11.1. The van der Waals surface area contributed by atoms with Gasteiger partial charge in [-0.25, -0.2) is 0 Å². The van der Waals surface area contributed by atoms with Gasteiger partial charge >= 0.3 is 0 Å². The number of carbonyl (C=O) groups excluding carboxylic acids is 8. The van der Waals surface area contributed by atoms with Crippen molar-refractivity contribution in [3.8, 4) is 0 Å². The summed E-state index contributed by atoms with van der Waals surface area (Å²) in [6.45, 7) is 3.08. The van der Waals surface area contributed by atoms with E-state index in [0.29, 0.717) is 50.7 Å². The molecule has 406 valence electrons. The van der Waals surface area contributed by atoms with Crippen molar-refractivity contribution in [1.29, 1.82) is 0 Å². The maximum absolute atomic E-state index is 13.4. The largest absolute Gasteiger partial charge is 0.374 e. The lowest BCUT2D eigenvalue weighted by molar-refractivity contribution is -0.121. The number of amides is 8. The van der Waals surface area contributed by atoms with Crippen molar-refractivity contribution in [2.45, 2.75) is 25.7 Å². The monoisotopic (exact) mass is 1100 g/mol. The highest BCUT2D eigenvalue weighted by molar-refractivity contribution is 7.18. The standard InChI is InChI=1S/C49H63ClN16O8S2/c1-61(2)19-9-15-51-38(67)13-17-52-43(69)33-22-30(26-63(33)5)56-45(71)35-21-29(25-65(35)7)55-39(68)14-18-53-44(70)34-23-31(27-64(34)6)57-46(72)36-24-32(28-66(36)8)58-47(73)37-11-12-40(75-37)59-48(74)42-41(50)49(76-60-42)54-16-10-20-62(3)4/h11-12,21-28,54H,9-10,13-20H2,1-8H3,(H,51,67)(H,52,69)(H,53,70)(H,55,68)(H,56,71)(H,57,72)(H,58,73)(H,59,74). The van der Waals surface area contributed by atoms with Crippen molar-refractivity contribution in [2.75, 3.05) is 99.4 Å². The molecule has 0 atom stereocenters. The molecule has 0 bridgehead atoms. The maximum atomic E-state index is 13.4. The minimum atomic E-state index is -0.512. The van der Waals surface area contributed by atoms with E-state index < -0.39 is 41.4 Å². The fourth-order valence-electron chi connectivity index (χ4n) is 7.54. The lowest BCUT2D eigenvalue weighted by Crippen LogP contribution is -2.32. The number of aryl methyl sites for hydroxylation is 4. The van der Waals surface area contributed by atoms with Gasteiger partial charge in [-0.1, -0.05) is 11.6 Å². The van der Waals surface area contributed by atoms with Gasteiger partial charge in [-0.2, -0.15) is 4.37 Å². The Balaban J connectivity index is 0.917. The van der Waals surface area contributed by atoms with Gasteiger partial charge in [0.25, 0.3) is 35.4 Å². The molecule has 0 aliphatic rings. The molecule has 76 heavy (non-hydrogen) atoms. The summed E-state index contributed by atoms with van der Waals surface area (Å²) < 4.78 is 10.4. The number of carbonyl (C=O) groups is 8. The van der Waals surface area contributed by atoms with Gasteiger partial charge < -0.3 is 75.9 Å². The fourth-order valence-corrected chi connectivity index (χ4v) is 9.38. The second-order valence-corrected chi connectivity index (χ2v) is 20.4. The first kappa shape index (κ1) is 57.5. The van der Waals surface area contributed by atoms with Gasteiger partial charge in [0, 0.05) is 92.0 Å². The second kappa shape index (κ2) is 26.6. The Morgan fingerprint density at radius 1 is 0.526 bits per heavy atom. The zero-order valence-electron chi connectivity index (χ0n) is 43.4. The molecule has 0 saturated heterocycles. The first-order chi connectivity index (χ1) is 36.1. The first-order valence-corrected chi connectivity index (χ1v) is 25.9. The molecule has 27 heteroatoms. The number of rotatable bonds is 26. The molecule has 6 rings (SSSR count). The number of nitrogens with zero attached hydrogens (tertiary/aromatic N) is 7. The SMILES string of the molecule is CN(C)CCCNC(=O)CCNC(=O)c1cc(NC(=O)c2cc(NC(=O)CCNC(=O)c3cc(NC(=O)c4cc(NC(=O)c5ccc(NC(=O)c6nsc(NCCCN(C)C)c6Cl)s5)cn4C)cn3C)cn2C)cn1C. The van der Waals surface area contributed by atoms with Crippen molar-refractivity contribution in [2.24, 2.45) is 28.2 Å². The van der Waals surface area contributed by atoms with Crippen LogP contribution in [0.2, 0.25) is 5.02 Å². The Hall–Kier alpha value is -7.78. The van der Waals surface area contributed by atoms with Crippen LogP contribution in [0.15, 0.2) is 61.2 Å². The molecule has 0 aromatic carbocycles. The molecule has 6 heterocycles. The van der Waals surface area contributed by atoms with Crippen LogP contribution >= 0.6 is 34.5 Å². The zero-order chi connectivity index (χ0) is 55.2. The highest BCUT2D eigenvalue weighted by Crippen LogP contribution is 2.32. The Morgan fingerprint density at radius 2 is 0.974 bits per heavy atom. The van der Waals surface area contributed by atoms with Crippen LogP contribution in [0.3, 0.4) is 0 Å². The second-order valence-electron chi connectivity index (χ2n) is 18.2. The maximum Gasteiger partial charge on any atom is 0.277 e. The lowest BCUT2D eigenvalue weighted by Gasteiger charge is -2.10. The van der Waals surface area contributed by atoms with Crippen molar-refractivity contribution in [3.05, 3.63) is 99.6 Å². The van der Waals surface area contributed by atoms with Crippen LogP contribution in [0.1, 0.15) is 87.8 Å². The highest BCUT2D eigenvalue weighted by atomic mass is 35.5. The number of aromatic nitrogens is 5. The average Bonchev–Trinajstić information content (AvgIpc) is 4.23. The number of nitrogens with one attached hydrogen (secondary N) is 9. The van der Waals surface area contributed by atoms with Gasteiger partial charge in [-0.05, 0) is 102 Å². The predicted molar refractivity (Wildman–Crippen MR) is 295 cm³/mol. The molecule has 0 spiro atoms. The van der Waals surface area contributed by atoms with Crippen LogP contribution in [0.4, 0.5) is 32.8 Å². The molecule has 0 aliphatic carbocycles. The van der Waals surface area contributed by atoms with E-state index in [4.69, 9.17) is 11.6 Å². The molecular weight excluding hydrogens is 1040 g/mol. The van der Waals surface area contributed by atoms with Crippen molar-refractivity contribution in [3.63, 3.8) is 0 Å². The topological polar surface area (TPSA) is 284 Å². The molecule has 0 aliphatic heterocycles. The number of hydrogen-bond donors (Lipinski definition) is 9. The third kappa shape index (κ3) is 16.1. The Labute approximate surface area is 452 Å². The summed E-state index contributed by atoms with van der Waals surface area (Å²) in [5.74, 6) is -3.46. The van der Waals surface area contributed by atoms with Gasteiger partial charge in [0.1, 0.15) is 32.8 Å². The van der Waals surface area contributed by atoms with E-state index in [0.717, 1.165) is 48.8 Å². The van der Waals surface area contributed by atoms with Crippen LogP contribution in [0.25, 0.3) is 0 Å². The van der Waals surface area contributed by atoms with Crippen LogP contribution in [-0.2, 0) is 37.8 Å². The average molecular weight is 1100 g/mol. The Bertz CT molecular complexity index is 3090. The van der Waals surface area contributed by atoms with Gasteiger partial charge in [-0.3, -0.25) is 38.4 Å². The Kier molecular flexibility index (Phi) is 20.1. The van der Waals surface area contributed by atoms with Crippen molar-refractivity contribution >= 4 is 114 Å². The molecule has 24 nitrogen and oxygen atoms in total. The van der Waals surface area contributed by atoms with Crippen molar-refractivity contribution in [1.82, 2.24) is 48.4 Å². The van der Waals surface area contributed by atoms with E-state index in [2.05, 4.69) is 57.1 Å².